The van der Waals surface area contributed by atoms with Crippen molar-refractivity contribution < 1.29 is 22.8 Å². The molecule has 5 rings (SSSR count). The first-order valence-electron chi connectivity index (χ1n) is 11.0. The van der Waals surface area contributed by atoms with Gasteiger partial charge in [-0.05, 0) is 41.3 Å². The summed E-state index contributed by atoms with van der Waals surface area (Å²) in [7, 11) is 0. The van der Waals surface area contributed by atoms with Gasteiger partial charge in [0.2, 0.25) is 0 Å². The van der Waals surface area contributed by atoms with E-state index in [2.05, 4.69) is 21.2 Å². The fraction of sp³-hybridized carbons (Fsp3) is 0.280. The molecular formula is C25H22F3N3O2S. The number of piperazine rings is 1. The Balaban J connectivity index is 1.33. The van der Waals surface area contributed by atoms with Crippen LogP contribution in [-0.2, 0) is 19.3 Å². The minimum absolute atomic E-state index is 0.204. The van der Waals surface area contributed by atoms with Crippen molar-refractivity contribution >= 4 is 28.8 Å². The van der Waals surface area contributed by atoms with Crippen LogP contribution in [0.2, 0.25) is 0 Å². The SMILES string of the molecule is O=C1c2cccc(N3CCN(Cc4cccs4)CC3)c2C(=O)N1Cc1cccc(C(F)(F)F)c1. The van der Waals surface area contributed by atoms with E-state index in [9.17, 15) is 22.8 Å². The summed E-state index contributed by atoms with van der Waals surface area (Å²) >= 11 is 1.73. The normalized spacial score (nSPS) is 16.9. The zero-order valence-corrected chi connectivity index (χ0v) is 19.0. The number of imide groups is 1. The van der Waals surface area contributed by atoms with E-state index >= 15 is 0 Å². The Labute approximate surface area is 199 Å². The third-order valence-corrected chi connectivity index (χ3v) is 7.11. The molecule has 34 heavy (non-hydrogen) atoms. The minimum atomic E-state index is -4.49. The van der Waals surface area contributed by atoms with Crippen LogP contribution in [0.3, 0.4) is 0 Å². The summed E-state index contributed by atoms with van der Waals surface area (Å²) in [4.78, 5) is 33.1. The van der Waals surface area contributed by atoms with Gasteiger partial charge in [0.15, 0.2) is 0 Å². The Morgan fingerprint density at radius 2 is 1.62 bits per heavy atom. The van der Waals surface area contributed by atoms with Gasteiger partial charge in [-0.2, -0.15) is 13.2 Å². The summed E-state index contributed by atoms with van der Waals surface area (Å²) in [5, 5.41) is 2.06. The van der Waals surface area contributed by atoms with Crippen molar-refractivity contribution in [1.82, 2.24) is 9.80 Å². The van der Waals surface area contributed by atoms with Crippen molar-refractivity contribution in [2.24, 2.45) is 0 Å². The largest absolute Gasteiger partial charge is 0.416 e. The molecule has 2 amide bonds. The third-order valence-electron chi connectivity index (χ3n) is 6.24. The van der Waals surface area contributed by atoms with Gasteiger partial charge in [0.05, 0.1) is 28.9 Å². The lowest BCUT2D eigenvalue weighted by atomic mass is 10.1. The highest BCUT2D eigenvalue weighted by atomic mass is 32.1. The molecule has 1 fully saturated rings. The van der Waals surface area contributed by atoms with E-state index in [4.69, 9.17) is 0 Å². The van der Waals surface area contributed by atoms with Crippen LogP contribution in [-0.4, -0.2) is 47.8 Å². The summed E-state index contributed by atoms with van der Waals surface area (Å²) in [6.45, 7) is 3.79. The van der Waals surface area contributed by atoms with Crippen LogP contribution in [0.25, 0.3) is 0 Å². The van der Waals surface area contributed by atoms with Gasteiger partial charge in [-0.3, -0.25) is 19.4 Å². The first-order chi connectivity index (χ1) is 16.3. The van der Waals surface area contributed by atoms with E-state index in [0.717, 1.165) is 49.8 Å². The molecule has 0 saturated carbocycles. The summed E-state index contributed by atoms with van der Waals surface area (Å²) in [6, 6.07) is 14.1. The van der Waals surface area contributed by atoms with Gasteiger partial charge in [0.1, 0.15) is 0 Å². The van der Waals surface area contributed by atoms with Crippen molar-refractivity contribution in [1.29, 1.82) is 0 Å². The Morgan fingerprint density at radius 3 is 2.32 bits per heavy atom. The number of anilines is 1. The molecule has 5 nitrogen and oxygen atoms in total. The number of hydrogen-bond donors (Lipinski definition) is 0. The van der Waals surface area contributed by atoms with Gasteiger partial charge < -0.3 is 4.90 Å². The number of fused-ring (bicyclic) bond motifs is 1. The number of alkyl halides is 3. The molecule has 0 aliphatic carbocycles. The van der Waals surface area contributed by atoms with Crippen molar-refractivity contribution in [3.8, 4) is 0 Å². The van der Waals surface area contributed by atoms with Crippen LogP contribution in [0, 0.1) is 0 Å². The van der Waals surface area contributed by atoms with Crippen LogP contribution in [0.5, 0.6) is 0 Å². The lowest BCUT2D eigenvalue weighted by Crippen LogP contribution is -2.46. The Morgan fingerprint density at radius 1 is 0.853 bits per heavy atom. The molecule has 0 radical (unpaired) electrons. The lowest BCUT2D eigenvalue weighted by molar-refractivity contribution is -0.137. The van der Waals surface area contributed by atoms with Gasteiger partial charge in [0.25, 0.3) is 11.8 Å². The molecule has 0 spiro atoms. The number of amides is 2. The minimum Gasteiger partial charge on any atom is -0.368 e. The average molecular weight is 486 g/mol. The van der Waals surface area contributed by atoms with E-state index in [-0.39, 0.29) is 12.1 Å². The maximum atomic E-state index is 13.3. The van der Waals surface area contributed by atoms with Gasteiger partial charge in [-0.1, -0.05) is 24.3 Å². The van der Waals surface area contributed by atoms with E-state index in [1.807, 2.05) is 12.1 Å². The molecule has 0 atom stereocenters. The topological polar surface area (TPSA) is 43.9 Å². The summed E-state index contributed by atoms with van der Waals surface area (Å²) < 4.78 is 39.3. The van der Waals surface area contributed by atoms with Crippen molar-refractivity contribution in [2.45, 2.75) is 19.3 Å². The number of hydrogen-bond acceptors (Lipinski definition) is 5. The van der Waals surface area contributed by atoms with Crippen LogP contribution < -0.4 is 4.90 Å². The maximum absolute atomic E-state index is 13.3. The fourth-order valence-electron chi connectivity index (χ4n) is 4.52. The molecule has 0 N–H and O–H groups in total. The fourth-order valence-corrected chi connectivity index (χ4v) is 5.27. The number of nitrogens with zero attached hydrogens (tertiary/aromatic N) is 3. The lowest BCUT2D eigenvalue weighted by Gasteiger charge is -2.36. The predicted octanol–water partition coefficient (Wildman–Crippen LogP) is 4.89. The average Bonchev–Trinajstić information content (AvgIpc) is 3.42. The Kier molecular flexibility index (Phi) is 5.91. The van der Waals surface area contributed by atoms with Crippen molar-refractivity contribution in [3.05, 3.63) is 87.1 Å². The number of rotatable bonds is 5. The van der Waals surface area contributed by atoms with Crippen LogP contribution in [0.15, 0.2) is 60.0 Å². The third kappa shape index (κ3) is 4.33. The number of thiophene rings is 1. The summed E-state index contributed by atoms with van der Waals surface area (Å²) in [5.74, 6) is -0.940. The second kappa shape index (κ2) is 8.88. The molecular weight excluding hydrogens is 463 g/mol. The predicted molar refractivity (Wildman–Crippen MR) is 124 cm³/mol. The zero-order chi connectivity index (χ0) is 23.9. The molecule has 2 aliphatic heterocycles. The molecule has 2 aliphatic rings. The first kappa shape index (κ1) is 22.6. The Hall–Kier alpha value is -3.17. The molecule has 9 heteroatoms. The van der Waals surface area contributed by atoms with Gasteiger partial charge in [-0.15, -0.1) is 11.3 Å². The highest BCUT2D eigenvalue weighted by Gasteiger charge is 2.39. The van der Waals surface area contributed by atoms with E-state index in [1.54, 1.807) is 23.5 Å². The van der Waals surface area contributed by atoms with Crippen molar-refractivity contribution in [3.63, 3.8) is 0 Å². The molecule has 0 unspecified atom stereocenters. The Bertz CT molecular complexity index is 1220. The molecule has 3 heterocycles. The highest BCUT2D eigenvalue weighted by molar-refractivity contribution is 7.09. The highest BCUT2D eigenvalue weighted by Crippen LogP contribution is 2.34. The molecule has 3 aromatic rings. The maximum Gasteiger partial charge on any atom is 0.416 e. The number of carbonyl (C=O) groups is 2. The number of halogens is 3. The van der Waals surface area contributed by atoms with Gasteiger partial charge >= 0.3 is 6.18 Å². The monoisotopic (exact) mass is 485 g/mol. The van der Waals surface area contributed by atoms with E-state index in [1.165, 1.54) is 17.0 Å². The molecule has 1 saturated heterocycles. The standard InChI is InChI=1S/C25H22F3N3O2S/c26-25(27,28)18-5-1-4-17(14-18)15-31-23(32)20-7-2-8-21(22(20)24(31)33)30-11-9-29(10-12-30)16-19-6-3-13-34-19/h1-8,13-14H,9-12,15-16H2. The molecule has 176 valence electrons. The zero-order valence-electron chi connectivity index (χ0n) is 18.2. The second-order valence-corrected chi connectivity index (χ2v) is 9.47. The van der Waals surface area contributed by atoms with Gasteiger partial charge in [-0.25, -0.2) is 0 Å². The summed E-state index contributed by atoms with van der Waals surface area (Å²) in [5.41, 5.74) is 0.802. The smallest absolute Gasteiger partial charge is 0.368 e. The molecule has 2 aromatic carbocycles. The number of benzene rings is 2. The van der Waals surface area contributed by atoms with Crippen LogP contribution >= 0.6 is 11.3 Å². The van der Waals surface area contributed by atoms with Crippen LogP contribution in [0.1, 0.15) is 36.7 Å². The first-order valence-corrected chi connectivity index (χ1v) is 11.8. The molecule has 0 bridgehead atoms. The van der Waals surface area contributed by atoms with Gasteiger partial charge in [0, 0.05) is 37.6 Å². The quantitative estimate of drug-likeness (QED) is 0.483. The number of carbonyl (C=O) groups excluding carboxylic acids is 2. The van der Waals surface area contributed by atoms with Crippen molar-refractivity contribution in [2.75, 3.05) is 31.1 Å². The molecule has 1 aromatic heterocycles. The van der Waals surface area contributed by atoms with Crippen LogP contribution in [0.4, 0.5) is 18.9 Å². The van der Waals surface area contributed by atoms with E-state index in [0.29, 0.717) is 16.8 Å². The van der Waals surface area contributed by atoms with E-state index < -0.39 is 23.6 Å². The second-order valence-electron chi connectivity index (χ2n) is 8.44. The summed E-state index contributed by atoms with van der Waals surface area (Å²) in [6.07, 6.45) is -4.49.